The van der Waals surface area contributed by atoms with Gasteiger partial charge in [0.2, 0.25) is 0 Å². The molecule has 0 N–H and O–H groups in total. The highest BCUT2D eigenvalue weighted by molar-refractivity contribution is 5.89. The Morgan fingerprint density at radius 3 is 2.35 bits per heavy atom. The summed E-state index contributed by atoms with van der Waals surface area (Å²) >= 11 is 0. The van der Waals surface area contributed by atoms with Crippen molar-refractivity contribution in [3.8, 4) is 5.75 Å². The quantitative estimate of drug-likeness (QED) is 0.754. The number of ether oxygens (including phenoxy) is 2. The van der Waals surface area contributed by atoms with Crippen molar-refractivity contribution in [1.82, 2.24) is 0 Å². The topological polar surface area (TPSA) is 35.5 Å². The third-order valence-electron chi connectivity index (χ3n) is 2.87. The van der Waals surface area contributed by atoms with Gasteiger partial charge < -0.3 is 9.47 Å². The fourth-order valence-electron chi connectivity index (χ4n) is 1.84. The summed E-state index contributed by atoms with van der Waals surface area (Å²) in [7, 11) is 0. The molecule has 2 aromatic rings. The van der Waals surface area contributed by atoms with E-state index in [9.17, 15) is 4.79 Å². The number of hydrogen-bond acceptors (Lipinski definition) is 3. The largest absolute Gasteiger partial charge is 0.494 e. The highest BCUT2D eigenvalue weighted by Gasteiger charge is 2.05. The van der Waals surface area contributed by atoms with E-state index < -0.39 is 0 Å². The molecule has 0 bridgehead atoms. The molecule has 0 atom stereocenters. The Balaban J connectivity index is 1.79. The van der Waals surface area contributed by atoms with Gasteiger partial charge >= 0.3 is 5.97 Å². The van der Waals surface area contributed by atoms with E-state index in [4.69, 9.17) is 9.47 Å². The van der Waals surface area contributed by atoms with Crippen LogP contribution in [-0.2, 0) is 11.2 Å². The first-order chi connectivity index (χ1) is 9.79. The molecule has 0 unspecified atom stereocenters. The van der Waals surface area contributed by atoms with E-state index in [1.807, 2.05) is 49.4 Å². The zero-order valence-electron chi connectivity index (χ0n) is 11.5. The SMILES string of the molecule is CCOc1ccc(CCOC(=O)c2ccccc2)cc1. The number of benzene rings is 2. The van der Waals surface area contributed by atoms with Crippen LogP contribution in [0, 0.1) is 0 Å². The fourth-order valence-corrected chi connectivity index (χ4v) is 1.84. The third-order valence-corrected chi connectivity index (χ3v) is 2.87. The lowest BCUT2D eigenvalue weighted by Gasteiger charge is -2.06. The third kappa shape index (κ3) is 4.12. The van der Waals surface area contributed by atoms with Crippen molar-refractivity contribution in [3.63, 3.8) is 0 Å². The molecule has 0 aromatic heterocycles. The normalized spacial score (nSPS) is 10.1. The average molecular weight is 270 g/mol. The highest BCUT2D eigenvalue weighted by atomic mass is 16.5. The standard InChI is InChI=1S/C17H18O3/c1-2-19-16-10-8-14(9-11-16)12-13-20-17(18)15-6-4-3-5-7-15/h3-11H,2,12-13H2,1H3. The van der Waals surface area contributed by atoms with Gasteiger partial charge in [-0.15, -0.1) is 0 Å². The van der Waals surface area contributed by atoms with Crippen LogP contribution in [0.15, 0.2) is 54.6 Å². The highest BCUT2D eigenvalue weighted by Crippen LogP contribution is 2.12. The molecule has 3 nitrogen and oxygen atoms in total. The lowest BCUT2D eigenvalue weighted by atomic mass is 10.1. The molecular formula is C17H18O3. The summed E-state index contributed by atoms with van der Waals surface area (Å²) in [5.74, 6) is 0.578. The summed E-state index contributed by atoms with van der Waals surface area (Å²) in [4.78, 5) is 11.7. The molecule has 0 saturated carbocycles. The molecule has 2 rings (SSSR count). The van der Waals surface area contributed by atoms with Gasteiger partial charge in [0.1, 0.15) is 5.75 Å². The van der Waals surface area contributed by atoms with Crippen LogP contribution in [0.25, 0.3) is 0 Å². The van der Waals surface area contributed by atoms with Crippen molar-refractivity contribution in [2.45, 2.75) is 13.3 Å². The smallest absolute Gasteiger partial charge is 0.338 e. The molecule has 0 aliphatic rings. The zero-order chi connectivity index (χ0) is 14.2. The number of rotatable bonds is 6. The van der Waals surface area contributed by atoms with Crippen molar-refractivity contribution in [2.75, 3.05) is 13.2 Å². The van der Waals surface area contributed by atoms with Crippen LogP contribution in [0.2, 0.25) is 0 Å². The predicted octanol–water partition coefficient (Wildman–Crippen LogP) is 3.48. The van der Waals surface area contributed by atoms with Crippen molar-refractivity contribution in [1.29, 1.82) is 0 Å². The molecule has 20 heavy (non-hydrogen) atoms. The number of carbonyl (C=O) groups is 1. The molecule has 0 fully saturated rings. The van der Waals surface area contributed by atoms with Gasteiger partial charge in [-0.3, -0.25) is 0 Å². The Morgan fingerprint density at radius 2 is 1.70 bits per heavy atom. The molecule has 104 valence electrons. The van der Waals surface area contributed by atoms with E-state index in [0.29, 0.717) is 25.2 Å². The summed E-state index contributed by atoms with van der Waals surface area (Å²) in [5, 5.41) is 0. The minimum Gasteiger partial charge on any atom is -0.494 e. The predicted molar refractivity (Wildman–Crippen MR) is 78.0 cm³/mol. The van der Waals surface area contributed by atoms with Crippen LogP contribution in [0.3, 0.4) is 0 Å². The van der Waals surface area contributed by atoms with Crippen LogP contribution < -0.4 is 4.74 Å². The Morgan fingerprint density at radius 1 is 1.00 bits per heavy atom. The summed E-state index contributed by atoms with van der Waals surface area (Å²) in [6, 6.07) is 16.8. The van der Waals surface area contributed by atoms with Gasteiger partial charge in [0, 0.05) is 6.42 Å². The summed E-state index contributed by atoms with van der Waals surface area (Å²) in [5.41, 5.74) is 1.70. The maximum absolute atomic E-state index is 11.7. The number of hydrogen-bond donors (Lipinski definition) is 0. The first-order valence-electron chi connectivity index (χ1n) is 6.73. The van der Waals surface area contributed by atoms with Crippen LogP contribution in [-0.4, -0.2) is 19.2 Å². The molecule has 0 aliphatic heterocycles. The minimum atomic E-state index is -0.281. The first-order valence-corrected chi connectivity index (χ1v) is 6.73. The van der Waals surface area contributed by atoms with E-state index in [2.05, 4.69) is 0 Å². The number of esters is 1. The second-order valence-electron chi connectivity index (χ2n) is 4.33. The van der Waals surface area contributed by atoms with Gasteiger partial charge in [0.15, 0.2) is 0 Å². The zero-order valence-corrected chi connectivity index (χ0v) is 11.5. The second-order valence-corrected chi connectivity index (χ2v) is 4.33. The van der Waals surface area contributed by atoms with E-state index in [0.717, 1.165) is 11.3 Å². The van der Waals surface area contributed by atoms with Crippen molar-refractivity contribution in [3.05, 3.63) is 65.7 Å². The van der Waals surface area contributed by atoms with Crippen LogP contribution in [0.4, 0.5) is 0 Å². The molecule has 0 saturated heterocycles. The van der Waals surface area contributed by atoms with Gasteiger partial charge in [-0.25, -0.2) is 4.79 Å². The van der Waals surface area contributed by atoms with Crippen molar-refractivity contribution >= 4 is 5.97 Å². The van der Waals surface area contributed by atoms with E-state index in [1.54, 1.807) is 12.1 Å². The molecule has 0 spiro atoms. The van der Waals surface area contributed by atoms with E-state index in [-0.39, 0.29) is 5.97 Å². The summed E-state index contributed by atoms with van der Waals surface area (Å²) in [6.07, 6.45) is 0.699. The molecule has 3 heteroatoms. The maximum Gasteiger partial charge on any atom is 0.338 e. The van der Waals surface area contributed by atoms with Crippen molar-refractivity contribution in [2.24, 2.45) is 0 Å². The van der Waals surface area contributed by atoms with Gasteiger partial charge in [0.25, 0.3) is 0 Å². The second kappa shape index (κ2) is 7.34. The van der Waals surface area contributed by atoms with Gasteiger partial charge in [-0.2, -0.15) is 0 Å². The first kappa shape index (κ1) is 14.1. The van der Waals surface area contributed by atoms with E-state index in [1.165, 1.54) is 0 Å². The van der Waals surface area contributed by atoms with E-state index >= 15 is 0 Å². The lowest BCUT2D eigenvalue weighted by Crippen LogP contribution is -2.07. The molecular weight excluding hydrogens is 252 g/mol. The van der Waals surface area contributed by atoms with Crippen LogP contribution in [0.5, 0.6) is 5.75 Å². The Bertz CT molecular complexity index is 532. The van der Waals surface area contributed by atoms with Gasteiger partial charge in [-0.1, -0.05) is 30.3 Å². The van der Waals surface area contributed by atoms with Gasteiger partial charge in [-0.05, 0) is 36.8 Å². The van der Waals surface area contributed by atoms with Crippen LogP contribution >= 0.6 is 0 Å². The summed E-state index contributed by atoms with van der Waals surface area (Å²) in [6.45, 7) is 2.99. The Hall–Kier alpha value is -2.29. The molecule has 0 radical (unpaired) electrons. The molecule has 2 aromatic carbocycles. The lowest BCUT2D eigenvalue weighted by molar-refractivity contribution is 0.0509. The molecule has 0 amide bonds. The Kier molecular flexibility index (Phi) is 5.18. The minimum absolute atomic E-state index is 0.281. The van der Waals surface area contributed by atoms with Gasteiger partial charge in [0.05, 0.1) is 18.8 Å². The number of carbonyl (C=O) groups excluding carboxylic acids is 1. The fraction of sp³-hybridized carbons (Fsp3) is 0.235. The summed E-state index contributed by atoms with van der Waals surface area (Å²) < 4.78 is 10.6. The van der Waals surface area contributed by atoms with Crippen molar-refractivity contribution < 1.29 is 14.3 Å². The molecule has 0 aliphatic carbocycles. The average Bonchev–Trinajstić information content (AvgIpc) is 2.50. The maximum atomic E-state index is 11.7. The Labute approximate surface area is 119 Å². The van der Waals surface area contributed by atoms with Crippen LogP contribution in [0.1, 0.15) is 22.8 Å². The monoisotopic (exact) mass is 270 g/mol. The molecule has 0 heterocycles.